The Morgan fingerprint density at radius 3 is 0.701 bits per heavy atom. The Hall–Kier alpha value is -1.94. The number of carbonyl (C=O) groups excluding carboxylic acids is 4. The summed E-state index contributed by atoms with van der Waals surface area (Å²) >= 11 is 0. The zero-order chi connectivity index (χ0) is 71.2. The van der Waals surface area contributed by atoms with Gasteiger partial charge in [-0.3, -0.25) is 37.3 Å². The maximum absolute atomic E-state index is 13.1. The van der Waals surface area contributed by atoms with Crippen LogP contribution in [0.5, 0.6) is 0 Å². The first-order valence-corrected chi connectivity index (χ1v) is 43.6. The van der Waals surface area contributed by atoms with Gasteiger partial charge in [-0.05, 0) is 31.6 Å². The second kappa shape index (κ2) is 71.1. The zero-order valence-electron chi connectivity index (χ0n) is 63.2. The predicted octanol–water partition coefficient (Wildman–Crippen LogP) is 23.3. The molecular weight excluding hydrogens is 1270 g/mol. The number of esters is 4. The quantitative estimate of drug-likeness (QED) is 0.0222. The van der Waals surface area contributed by atoms with Crippen LogP contribution in [0, 0.1) is 5.92 Å². The maximum Gasteiger partial charge on any atom is 0.472 e. The molecule has 576 valence electrons. The monoisotopic (exact) mass is 1420 g/mol. The smallest absolute Gasteiger partial charge is 0.462 e. The van der Waals surface area contributed by atoms with Crippen molar-refractivity contribution >= 4 is 39.5 Å². The van der Waals surface area contributed by atoms with Crippen molar-refractivity contribution in [3.8, 4) is 0 Å². The number of hydrogen-bond donors (Lipinski definition) is 3. The Labute approximate surface area is 594 Å². The molecule has 0 aliphatic rings. The van der Waals surface area contributed by atoms with Crippen molar-refractivity contribution in [2.45, 2.75) is 432 Å². The number of unbranched alkanes of at least 4 members (excludes halogenated alkanes) is 50. The molecule has 2 unspecified atom stereocenters. The lowest BCUT2D eigenvalue weighted by molar-refractivity contribution is -0.161. The fraction of sp³-hybridized carbons (Fsp3) is 0.949. The van der Waals surface area contributed by atoms with Crippen LogP contribution in [0.25, 0.3) is 0 Å². The first kappa shape index (κ1) is 95.1. The molecule has 0 heterocycles. The average molecular weight is 1420 g/mol. The number of carbonyl (C=O) groups is 4. The molecule has 0 aromatic carbocycles. The van der Waals surface area contributed by atoms with Gasteiger partial charge in [0.1, 0.15) is 19.3 Å². The van der Waals surface area contributed by atoms with Gasteiger partial charge in [0.25, 0.3) is 0 Å². The van der Waals surface area contributed by atoms with Crippen LogP contribution in [0.3, 0.4) is 0 Å². The van der Waals surface area contributed by atoms with Gasteiger partial charge in [0.2, 0.25) is 0 Å². The summed E-state index contributed by atoms with van der Waals surface area (Å²) in [5.41, 5.74) is 0. The number of ether oxygens (including phenoxy) is 4. The van der Waals surface area contributed by atoms with Gasteiger partial charge in [0.15, 0.2) is 12.2 Å². The first-order valence-electron chi connectivity index (χ1n) is 40.6. The van der Waals surface area contributed by atoms with E-state index in [1.807, 2.05) is 0 Å². The summed E-state index contributed by atoms with van der Waals surface area (Å²) in [4.78, 5) is 72.6. The zero-order valence-corrected chi connectivity index (χ0v) is 65.0. The molecule has 0 aromatic rings. The van der Waals surface area contributed by atoms with Crippen LogP contribution < -0.4 is 0 Å². The highest BCUT2D eigenvalue weighted by Crippen LogP contribution is 2.45. The van der Waals surface area contributed by atoms with E-state index in [1.54, 1.807) is 0 Å². The summed E-state index contributed by atoms with van der Waals surface area (Å²) in [5, 5.41) is 10.6. The standard InChI is InChI=1S/C78H152O17P2/c1-6-9-12-15-17-19-21-23-25-27-29-30-31-33-35-37-39-44-48-53-58-63-78(83)95-74(68-89-76(81)62-57-52-47-43-38-36-34-32-28-26-24-22-20-18-16-13-10-7-2)70-93-97(86,87)91-66-72(79)65-90-96(84,85)92-69-73(67-88-75(80)61-56-50-14-11-8-3)94-77(82)64-59-54-49-45-41-40-42-46-51-55-60-71(4)5/h71-74,79H,6-70H2,1-5H3,(H,84,85)(H,86,87)/t72-,73+,74+/m0/s1. The minimum Gasteiger partial charge on any atom is -0.462 e. The minimum absolute atomic E-state index is 0.105. The van der Waals surface area contributed by atoms with E-state index in [2.05, 4.69) is 34.6 Å². The summed E-state index contributed by atoms with van der Waals surface area (Å²) < 4.78 is 68.4. The molecule has 0 aromatic heterocycles. The van der Waals surface area contributed by atoms with Crippen molar-refractivity contribution in [2.24, 2.45) is 5.92 Å². The fourth-order valence-corrected chi connectivity index (χ4v) is 13.6. The third-order valence-electron chi connectivity index (χ3n) is 18.3. The van der Waals surface area contributed by atoms with E-state index in [1.165, 1.54) is 231 Å². The summed E-state index contributed by atoms with van der Waals surface area (Å²) in [7, 11) is -9.90. The van der Waals surface area contributed by atoms with E-state index in [4.69, 9.17) is 37.0 Å². The summed E-state index contributed by atoms with van der Waals surface area (Å²) in [6.07, 6.45) is 61.7. The third kappa shape index (κ3) is 72.2. The van der Waals surface area contributed by atoms with Crippen molar-refractivity contribution in [3.05, 3.63) is 0 Å². The molecule has 97 heavy (non-hydrogen) atoms. The maximum atomic E-state index is 13.1. The van der Waals surface area contributed by atoms with E-state index in [0.717, 1.165) is 102 Å². The van der Waals surface area contributed by atoms with Gasteiger partial charge in [0.05, 0.1) is 26.4 Å². The van der Waals surface area contributed by atoms with E-state index in [0.29, 0.717) is 25.7 Å². The Kier molecular flexibility index (Phi) is 69.6. The molecule has 0 saturated heterocycles. The second-order valence-corrected chi connectivity index (χ2v) is 31.5. The van der Waals surface area contributed by atoms with Crippen molar-refractivity contribution in [1.82, 2.24) is 0 Å². The van der Waals surface area contributed by atoms with Gasteiger partial charge < -0.3 is 33.8 Å². The van der Waals surface area contributed by atoms with Gasteiger partial charge in [-0.2, -0.15) is 0 Å². The molecule has 0 rings (SSSR count). The van der Waals surface area contributed by atoms with Crippen LogP contribution in [-0.4, -0.2) is 96.7 Å². The van der Waals surface area contributed by atoms with Crippen LogP contribution in [0.15, 0.2) is 0 Å². The SMILES string of the molecule is CCCCCCCCCCCCCCCCCCCCCCCC(=O)O[C@H](COC(=O)CCCCCCCCCCCCCCCCCCCC)COP(=O)(O)OC[C@@H](O)COP(=O)(O)OC[C@@H](COC(=O)CCCCCCC)OC(=O)CCCCCCCCCCCCC(C)C. The largest absolute Gasteiger partial charge is 0.472 e. The molecule has 5 atom stereocenters. The van der Waals surface area contributed by atoms with Crippen LogP contribution in [0.2, 0.25) is 0 Å². The van der Waals surface area contributed by atoms with Gasteiger partial charge in [0, 0.05) is 25.7 Å². The number of aliphatic hydroxyl groups is 1. The number of phosphoric acid groups is 2. The second-order valence-electron chi connectivity index (χ2n) is 28.6. The lowest BCUT2D eigenvalue weighted by atomic mass is 10.0. The fourth-order valence-electron chi connectivity index (χ4n) is 12.1. The normalized spacial score (nSPS) is 13.9. The molecule has 3 N–H and O–H groups in total. The molecule has 17 nitrogen and oxygen atoms in total. The van der Waals surface area contributed by atoms with E-state index >= 15 is 0 Å². The molecule has 0 aliphatic carbocycles. The molecule has 0 amide bonds. The minimum atomic E-state index is -4.96. The molecule has 0 spiro atoms. The van der Waals surface area contributed by atoms with Crippen molar-refractivity contribution < 1.29 is 80.2 Å². The predicted molar refractivity (Wildman–Crippen MR) is 395 cm³/mol. The van der Waals surface area contributed by atoms with Crippen molar-refractivity contribution in [3.63, 3.8) is 0 Å². The number of rotatable bonds is 78. The highest BCUT2D eigenvalue weighted by Gasteiger charge is 2.30. The first-order chi connectivity index (χ1) is 47.0. The molecule has 0 bridgehead atoms. The molecule has 0 fully saturated rings. The molecular formula is C78H152O17P2. The summed E-state index contributed by atoms with van der Waals surface area (Å²) in [5.74, 6) is -1.37. The Bertz CT molecular complexity index is 1860. The van der Waals surface area contributed by atoms with Gasteiger partial charge in [-0.1, -0.05) is 362 Å². The summed E-state index contributed by atoms with van der Waals surface area (Å²) in [6.45, 7) is 7.20. The lowest BCUT2D eigenvalue weighted by Crippen LogP contribution is -2.30. The van der Waals surface area contributed by atoms with Crippen LogP contribution in [-0.2, 0) is 65.4 Å². The Morgan fingerprint density at radius 2 is 0.474 bits per heavy atom. The highest BCUT2D eigenvalue weighted by molar-refractivity contribution is 7.47. The van der Waals surface area contributed by atoms with Gasteiger partial charge >= 0.3 is 39.5 Å². The molecule has 19 heteroatoms. The van der Waals surface area contributed by atoms with Gasteiger partial charge in [-0.25, -0.2) is 9.13 Å². The summed E-state index contributed by atoms with van der Waals surface area (Å²) in [6, 6.07) is 0. The van der Waals surface area contributed by atoms with Crippen LogP contribution in [0.1, 0.15) is 413 Å². The van der Waals surface area contributed by atoms with E-state index < -0.39 is 97.5 Å². The third-order valence-corrected chi connectivity index (χ3v) is 20.2. The van der Waals surface area contributed by atoms with Gasteiger partial charge in [-0.15, -0.1) is 0 Å². The number of phosphoric ester groups is 2. The van der Waals surface area contributed by atoms with E-state index in [-0.39, 0.29) is 25.7 Å². The Morgan fingerprint density at radius 1 is 0.278 bits per heavy atom. The lowest BCUT2D eigenvalue weighted by Gasteiger charge is -2.21. The molecule has 0 radical (unpaired) electrons. The highest BCUT2D eigenvalue weighted by atomic mass is 31.2. The molecule has 0 saturated carbocycles. The number of aliphatic hydroxyl groups excluding tert-OH is 1. The van der Waals surface area contributed by atoms with Crippen LogP contribution in [0.4, 0.5) is 0 Å². The molecule has 0 aliphatic heterocycles. The average Bonchev–Trinajstić information content (AvgIpc) is 1.15. The Balaban J connectivity index is 5.12. The van der Waals surface area contributed by atoms with Crippen molar-refractivity contribution in [2.75, 3.05) is 39.6 Å². The van der Waals surface area contributed by atoms with E-state index in [9.17, 15) is 43.2 Å². The topological polar surface area (TPSA) is 237 Å². The number of hydrogen-bond acceptors (Lipinski definition) is 15. The van der Waals surface area contributed by atoms with Crippen LogP contribution >= 0.6 is 15.6 Å². The van der Waals surface area contributed by atoms with Crippen molar-refractivity contribution in [1.29, 1.82) is 0 Å².